The summed E-state index contributed by atoms with van der Waals surface area (Å²) in [5.74, 6) is 1.64. The van der Waals surface area contributed by atoms with Crippen LogP contribution in [0.15, 0.2) is 36.7 Å². The highest BCUT2D eigenvalue weighted by Crippen LogP contribution is 2.47. The average Bonchev–Trinajstić information content (AvgIpc) is 3.30. The fraction of sp³-hybridized carbons (Fsp3) is 0.560. The van der Waals surface area contributed by atoms with Crippen molar-refractivity contribution >= 4 is 11.9 Å². The van der Waals surface area contributed by atoms with Crippen LogP contribution in [0.5, 0.6) is 5.88 Å². The predicted octanol–water partition coefficient (Wildman–Crippen LogP) is 3.29. The molecule has 33 heavy (non-hydrogen) atoms. The normalized spacial score (nSPS) is 22.3. The third-order valence-corrected chi connectivity index (χ3v) is 7.43. The molecule has 8 nitrogen and oxygen atoms in total. The average molecular weight is 452 g/mol. The van der Waals surface area contributed by atoms with E-state index in [0.29, 0.717) is 23.9 Å². The van der Waals surface area contributed by atoms with Crippen molar-refractivity contribution in [3.63, 3.8) is 0 Å². The molecule has 1 spiro atoms. The van der Waals surface area contributed by atoms with Crippen molar-refractivity contribution in [2.75, 3.05) is 57.9 Å². The number of piperazine rings is 1. The maximum atomic E-state index is 12.0. The fourth-order valence-corrected chi connectivity index (χ4v) is 5.72. The molecule has 0 N–H and O–H groups in total. The van der Waals surface area contributed by atoms with Gasteiger partial charge < -0.3 is 19.3 Å². The highest BCUT2D eigenvalue weighted by Gasteiger charge is 2.51. The van der Waals surface area contributed by atoms with E-state index in [1.165, 1.54) is 19.3 Å². The number of pyridine rings is 2. The fourth-order valence-electron chi connectivity index (χ4n) is 5.72. The Balaban J connectivity index is 1.18. The van der Waals surface area contributed by atoms with E-state index < -0.39 is 0 Å². The largest absolute Gasteiger partial charge is 0.481 e. The van der Waals surface area contributed by atoms with Crippen molar-refractivity contribution in [1.29, 1.82) is 0 Å². The summed E-state index contributed by atoms with van der Waals surface area (Å²) < 4.78 is 10.4. The van der Waals surface area contributed by atoms with Crippen LogP contribution in [-0.4, -0.2) is 84.9 Å². The van der Waals surface area contributed by atoms with E-state index in [9.17, 15) is 4.79 Å². The van der Waals surface area contributed by atoms with Crippen LogP contribution in [0.25, 0.3) is 11.1 Å². The lowest BCUT2D eigenvalue weighted by molar-refractivity contribution is -0.00294. The summed E-state index contributed by atoms with van der Waals surface area (Å²) in [7, 11) is 1.63. The molecule has 3 fully saturated rings. The second kappa shape index (κ2) is 9.17. The molecular weight excluding hydrogens is 418 g/mol. The van der Waals surface area contributed by atoms with E-state index in [1.807, 2.05) is 42.4 Å². The molecule has 0 bridgehead atoms. The molecule has 0 aromatic carbocycles. The summed E-state index contributed by atoms with van der Waals surface area (Å²) in [6.45, 7) is 8.03. The quantitative estimate of drug-likeness (QED) is 0.691. The SMILES string of the molecule is CCOC(=O)N1CC2(CCC(N3CCN(c4ncccc4-c4ccc(OC)nc4)CC3)C2)C1. The van der Waals surface area contributed by atoms with E-state index in [2.05, 4.69) is 20.9 Å². The lowest BCUT2D eigenvalue weighted by Crippen LogP contribution is -2.58. The summed E-state index contributed by atoms with van der Waals surface area (Å²) in [4.78, 5) is 28.0. The van der Waals surface area contributed by atoms with Crippen molar-refractivity contribution in [3.8, 4) is 17.0 Å². The number of carbonyl (C=O) groups excluding carboxylic acids is 1. The van der Waals surface area contributed by atoms with Crippen molar-refractivity contribution in [1.82, 2.24) is 19.8 Å². The molecule has 176 valence electrons. The molecule has 4 heterocycles. The Morgan fingerprint density at radius 1 is 1.15 bits per heavy atom. The van der Waals surface area contributed by atoms with Gasteiger partial charge in [0.05, 0.1) is 13.7 Å². The zero-order chi connectivity index (χ0) is 22.8. The van der Waals surface area contributed by atoms with Gasteiger partial charge in [0.15, 0.2) is 0 Å². The minimum absolute atomic E-state index is 0.154. The Morgan fingerprint density at radius 3 is 2.67 bits per heavy atom. The number of hydrogen-bond acceptors (Lipinski definition) is 7. The van der Waals surface area contributed by atoms with Crippen molar-refractivity contribution < 1.29 is 14.3 Å². The van der Waals surface area contributed by atoms with E-state index in [1.54, 1.807) is 7.11 Å². The van der Waals surface area contributed by atoms with Crippen LogP contribution in [-0.2, 0) is 4.74 Å². The molecule has 1 aliphatic carbocycles. The van der Waals surface area contributed by atoms with Gasteiger partial charge in [-0.3, -0.25) is 4.90 Å². The molecule has 2 aromatic rings. The minimum atomic E-state index is -0.154. The molecular formula is C25H33N5O3. The highest BCUT2D eigenvalue weighted by atomic mass is 16.6. The van der Waals surface area contributed by atoms with Crippen molar-refractivity contribution in [2.45, 2.75) is 32.2 Å². The van der Waals surface area contributed by atoms with Crippen molar-refractivity contribution in [3.05, 3.63) is 36.7 Å². The molecule has 2 aliphatic heterocycles. The zero-order valence-electron chi connectivity index (χ0n) is 19.6. The molecule has 8 heteroatoms. The molecule has 5 rings (SSSR count). The van der Waals surface area contributed by atoms with Gasteiger partial charge in [0.2, 0.25) is 5.88 Å². The van der Waals surface area contributed by atoms with Crippen LogP contribution in [0.1, 0.15) is 26.2 Å². The molecule has 1 saturated carbocycles. The first kappa shape index (κ1) is 21.9. The maximum absolute atomic E-state index is 12.0. The summed E-state index contributed by atoms with van der Waals surface area (Å²) in [5, 5.41) is 0. The van der Waals surface area contributed by atoms with Gasteiger partial charge >= 0.3 is 6.09 Å². The van der Waals surface area contributed by atoms with Gasteiger partial charge in [0, 0.05) is 80.3 Å². The van der Waals surface area contributed by atoms with Gasteiger partial charge in [-0.25, -0.2) is 14.8 Å². The van der Waals surface area contributed by atoms with Crippen LogP contribution in [0.2, 0.25) is 0 Å². The third kappa shape index (κ3) is 4.36. The zero-order valence-corrected chi connectivity index (χ0v) is 19.6. The first-order chi connectivity index (χ1) is 16.1. The molecule has 1 amide bonds. The molecule has 1 atom stereocenters. The predicted molar refractivity (Wildman–Crippen MR) is 126 cm³/mol. The van der Waals surface area contributed by atoms with Crippen LogP contribution >= 0.6 is 0 Å². The Morgan fingerprint density at radius 2 is 1.97 bits per heavy atom. The van der Waals surface area contributed by atoms with Crippen LogP contribution in [0, 0.1) is 5.41 Å². The molecule has 2 aromatic heterocycles. The van der Waals surface area contributed by atoms with Crippen LogP contribution in [0.4, 0.5) is 10.6 Å². The van der Waals surface area contributed by atoms with Gasteiger partial charge in [0.1, 0.15) is 5.82 Å². The van der Waals surface area contributed by atoms with Crippen LogP contribution < -0.4 is 9.64 Å². The lowest BCUT2D eigenvalue weighted by atomic mass is 9.78. The topological polar surface area (TPSA) is 71.0 Å². The van der Waals surface area contributed by atoms with Gasteiger partial charge in [-0.05, 0) is 44.4 Å². The molecule has 1 unspecified atom stereocenters. The number of likely N-dealkylation sites (tertiary alicyclic amines) is 1. The number of aromatic nitrogens is 2. The summed E-state index contributed by atoms with van der Waals surface area (Å²) in [6, 6.07) is 8.65. The number of methoxy groups -OCH3 is 1. The standard InChI is InChI=1S/C25H33N5O3/c1-3-33-24(31)30-17-25(18-30)9-8-20(15-25)28-11-13-29(14-12-28)23-21(5-4-10-26-23)19-6-7-22(32-2)27-16-19/h4-7,10,16,20H,3,8-9,11-15,17-18H2,1-2H3. The number of anilines is 1. The summed E-state index contributed by atoms with van der Waals surface area (Å²) in [6.07, 6.45) is 7.19. The van der Waals surface area contributed by atoms with Gasteiger partial charge in [-0.15, -0.1) is 0 Å². The van der Waals surface area contributed by atoms with Crippen molar-refractivity contribution in [2.24, 2.45) is 5.41 Å². The maximum Gasteiger partial charge on any atom is 0.409 e. The number of rotatable bonds is 5. The number of amides is 1. The summed E-state index contributed by atoms with van der Waals surface area (Å²) in [5.41, 5.74) is 2.47. The minimum Gasteiger partial charge on any atom is -0.481 e. The van der Waals surface area contributed by atoms with Gasteiger partial charge in [-0.1, -0.05) is 0 Å². The Labute approximate surface area is 195 Å². The number of ether oxygens (including phenoxy) is 2. The van der Waals surface area contributed by atoms with E-state index in [4.69, 9.17) is 14.5 Å². The highest BCUT2D eigenvalue weighted by molar-refractivity contribution is 5.75. The molecule has 3 aliphatic rings. The smallest absolute Gasteiger partial charge is 0.409 e. The molecule has 0 radical (unpaired) electrons. The second-order valence-corrected chi connectivity index (χ2v) is 9.44. The first-order valence-electron chi connectivity index (χ1n) is 12.0. The third-order valence-electron chi connectivity index (χ3n) is 7.43. The number of hydrogen-bond donors (Lipinski definition) is 0. The number of nitrogens with zero attached hydrogens (tertiary/aromatic N) is 5. The van der Waals surface area contributed by atoms with E-state index >= 15 is 0 Å². The van der Waals surface area contributed by atoms with Gasteiger partial charge in [-0.2, -0.15) is 0 Å². The second-order valence-electron chi connectivity index (χ2n) is 9.44. The Bertz CT molecular complexity index is 968. The van der Waals surface area contributed by atoms with E-state index in [-0.39, 0.29) is 6.09 Å². The lowest BCUT2D eigenvalue weighted by Gasteiger charge is -2.48. The van der Waals surface area contributed by atoms with E-state index in [0.717, 1.165) is 56.2 Å². The van der Waals surface area contributed by atoms with Crippen LogP contribution in [0.3, 0.4) is 0 Å². The monoisotopic (exact) mass is 451 g/mol. The molecule has 2 saturated heterocycles. The Kier molecular flexibility index (Phi) is 6.10. The number of carbonyl (C=O) groups is 1. The first-order valence-corrected chi connectivity index (χ1v) is 12.0. The van der Waals surface area contributed by atoms with Gasteiger partial charge in [0.25, 0.3) is 0 Å². The Hall–Kier alpha value is -2.87. The summed E-state index contributed by atoms with van der Waals surface area (Å²) >= 11 is 0.